The smallest absolute Gasteiger partial charge is 0.330 e. The number of aryl methyl sites for hydroxylation is 1. The zero-order valence-electron chi connectivity index (χ0n) is 12.7. The fourth-order valence-electron chi connectivity index (χ4n) is 2.11. The van der Waals surface area contributed by atoms with Crippen molar-refractivity contribution in [3.05, 3.63) is 50.1 Å². The summed E-state index contributed by atoms with van der Waals surface area (Å²) in [6.07, 6.45) is 0.670. The van der Waals surface area contributed by atoms with Gasteiger partial charge in [-0.05, 0) is 36.2 Å². The summed E-state index contributed by atoms with van der Waals surface area (Å²) < 4.78 is 5.69. The van der Waals surface area contributed by atoms with E-state index in [1.807, 2.05) is 6.07 Å². The Morgan fingerprint density at radius 2 is 2.04 bits per heavy atom. The molecule has 1 amide bonds. The minimum atomic E-state index is -1.17. The number of carbonyl (C=O) groups is 2. The highest BCUT2D eigenvalue weighted by atomic mass is 35.5. The molecular weight excluding hydrogens is 373 g/mol. The van der Waals surface area contributed by atoms with E-state index in [4.69, 9.17) is 27.9 Å². The third kappa shape index (κ3) is 4.87. The normalized spacial score (nSPS) is 11.8. The fourth-order valence-corrected chi connectivity index (χ4v) is 3.46. The van der Waals surface area contributed by atoms with Gasteiger partial charge in [0, 0.05) is 11.3 Å². The van der Waals surface area contributed by atoms with Crippen molar-refractivity contribution in [2.75, 3.05) is 7.11 Å². The molecule has 1 aromatic heterocycles. The van der Waals surface area contributed by atoms with E-state index in [0.29, 0.717) is 22.1 Å². The molecule has 0 aliphatic rings. The number of carbonyl (C=O) groups excluding carboxylic acids is 1. The molecule has 1 atom stereocenters. The Morgan fingerprint density at radius 3 is 2.58 bits per heavy atom. The van der Waals surface area contributed by atoms with Gasteiger partial charge in [0.2, 0.25) is 5.91 Å². The van der Waals surface area contributed by atoms with Gasteiger partial charge in [0.1, 0.15) is 5.75 Å². The van der Waals surface area contributed by atoms with Crippen LogP contribution in [0.25, 0.3) is 0 Å². The van der Waals surface area contributed by atoms with E-state index >= 15 is 0 Å². The molecule has 1 heterocycles. The second kappa shape index (κ2) is 8.37. The molecule has 0 aliphatic heterocycles. The molecule has 2 rings (SSSR count). The Balaban J connectivity index is 2.03. The van der Waals surface area contributed by atoms with Crippen LogP contribution in [0.4, 0.5) is 0 Å². The van der Waals surface area contributed by atoms with Crippen LogP contribution in [-0.4, -0.2) is 24.1 Å². The number of halogens is 2. The standard InChI is InChI=1S/C16H15Cl2NO4S/c1-23-12-5-2-9(8-11(12)17)15(16(21)22)19-14(20)7-4-10-3-6-13(18)24-10/h2-3,5-6,8,15H,4,7H2,1H3,(H,19,20)(H,21,22). The van der Waals surface area contributed by atoms with Crippen LogP contribution in [0.2, 0.25) is 9.36 Å². The molecule has 1 unspecified atom stereocenters. The summed E-state index contributed by atoms with van der Waals surface area (Å²) in [6, 6.07) is 7.03. The van der Waals surface area contributed by atoms with Crippen LogP contribution >= 0.6 is 34.5 Å². The minimum Gasteiger partial charge on any atom is -0.495 e. The molecule has 0 radical (unpaired) electrons. The highest BCUT2D eigenvalue weighted by Gasteiger charge is 2.23. The van der Waals surface area contributed by atoms with Crippen molar-refractivity contribution in [2.24, 2.45) is 0 Å². The zero-order valence-corrected chi connectivity index (χ0v) is 15.0. The molecule has 8 heteroatoms. The Hall–Kier alpha value is -1.76. The molecule has 2 aromatic rings. The lowest BCUT2D eigenvalue weighted by molar-refractivity contribution is -0.142. The fraction of sp³-hybridized carbons (Fsp3) is 0.250. The predicted molar refractivity (Wildman–Crippen MR) is 94.2 cm³/mol. The number of carboxylic acid groups (broad SMARTS) is 1. The average Bonchev–Trinajstić information content (AvgIpc) is 2.95. The summed E-state index contributed by atoms with van der Waals surface area (Å²) in [5.41, 5.74) is 0.376. The highest BCUT2D eigenvalue weighted by molar-refractivity contribution is 7.16. The van der Waals surface area contributed by atoms with Gasteiger partial charge in [-0.15, -0.1) is 11.3 Å². The Morgan fingerprint density at radius 1 is 1.29 bits per heavy atom. The number of aliphatic carboxylic acids is 1. The predicted octanol–water partition coefficient (Wildman–Crippen LogP) is 3.94. The van der Waals surface area contributed by atoms with Gasteiger partial charge < -0.3 is 15.2 Å². The molecule has 0 spiro atoms. The molecular formula is C16H15Cl2NO4S. The maximum atomic E-state index is 12.1. The van der Waals surface area contributed by atoms with Gasteiger partial charge in [-0.25, -0.2) is 4.79 Å². The van der Waals surface area contributed by atoms with Crippen molar-refractivity contribution >= 4 is 46.4 Å². The summed E-state index contributed by atoms with van der Waals surface area (Å²) in [7, 11) is 1.47. The molecule has 2 N–H and O–H groups in total. The van der Waals surface area contributed by atoms with E-state index in [-0.39, 0.29) is 17.4 Å². The number of rotatable bonds is 7. The first-order valence-electron chi connectivity index (χ1n) is 7.00. The van der Waals surface area contributed by atoms with Crippen LogP contribution in [0, 0.1) is 0 Å². The maximum Gasteiger partial charge on any atom is 0.330 e. The summed E-state index contributed by atoms with van der Waals surface area (Å²) in [6.45, 7) is 0. The SMILES string of the molecule is COc1ccc(C(NC(=O)CCc2ccc(Cl)s2)C(=O)O)cc1Cl. The number of hydrogen-bond acceptors (Lipinski definition) is 4. The van der Waals surface area contributed by atoms with Crippen molar-refractivity contribution in [2.45, 2.75) is 18.9 Å². The number of methoxy groups -OCH3 is 1. The lowest BCUT2D eigenvalue weighted by Gasteiger charge is -2.16. The summed E-state index contributed by atoms with van der Waals surface area (Å²) in [4.78, 5) is 24.5. The van der Waals surface area contributed by atoms with Gasteiger partial charge in [-0.3, -0.25) is 4.79 Å². The quantitative estimate of drug-likeness (QED) is 0.754. The topological polar surface area (TPSA) is 75.6 Å². The van der Waals surface area contributed by atoms with Crippen LogP contribution in [0.15, 0.2) is 30.3 Å². The number of amides is 1. The molecule has 0 saturated heterocycles. The van der Waals surface area contributed by atoms with Crippen LogP contribution in [0.3, 0.4) is 0 Å². The molecule has 0 bridgehead atoms. The number of carboxylic acids is 1. The van der Waals surface area contributed by atoms with Crippen molar-refractivity contribution < 1.29 is 19.4 Å². The van der Waals surface area contributed by atoms with Gasteiger partial charge in [0.15, 0.2) is 6.04 Å². The van der Waals surface area contributed by atoms with Crippen LogP contribution < -0.4 is 10.1 Å². The first kappa shape index (κ1) is 18.6. The Labute approximate surface area is 153 Å². The lowest BCUT2D eigenvalue weighted by atomic mass is 10.1. The van der Waals surface area contributed by atoms with Crippen molar-refractivity contribution in [3.8, 4) is 5.75 Å². The van der Waals surface area contributed by atoms with Crippen LogP contribution in [0.5, 0.6) is 5.75 Å². The van der Waals surface area contributed by atoms with E-state index < -0.39 is 12.0 Å². The van der Waals surface area contributed by atoms with Gasteiger partial charge in [-0.1, -0.05) is 29.3 Å². The maximum absolute atomic E-state index is 12.1. The monoisotopic (exact) mass is 387 g/mol. The lowest BCUT2D eigenvalue weighted by Crippen LogP contribution is -2.33. The van der Waals surface area contributed by atoms with Gasteiger partial charge in [0.25, 0.3) is 0 Å². The number of thiophene rings is 1. The molecule has 0 saturated carbocycles. The van der Waals surface area contributed by atoms with Gasteiger partial charge in [-0.2, -0.15) is 0 Å². The second-order valence-corrected chi connectivity index (χ2v) is 7.15. The number of ether oxygens (including phenoxy) is 1. The van der Waals surface area contributed by atoms with Crippen molar-refractivity contribution in [1.29, 1.82) is 0 Å². The van der Waals surface area contributed by atoms with E-state index in [1.165, 1.54) is 24.5 Å². The van der Waals surface area contributed by atoms with E-state index in [1.54, 1.807) is 18.2 Å². The third-order valence-corrected chi connectivity index (χ3v) is 4.88. The molecule has 1 aromatic carbocycles. The number of benzene rings is 1. The summed E-state index contributed by atoms with van der Waals surface area (Å²) in [5.74, 6) is -1.09. The van der Waals surface area contributed by atoms with E-state index in [2.05, 4.69) is 5.32 Å². The summed E-state index contributed by atoms with van der Waals surface area (Å²) in [5, 5.41) is 12.2. The highest BCUT2D eigenvalue weighted by Crippen LogP contribution is 2.28. The molecule has 128 valence electrons. The second-order valence-electron chi connectivity index (χ2n) is 4.94. The van der Waals surface area contributed by atoms with Crippen molar-refractivity contribution in [1.82, 2.24) is 5.32 Å². The molecule has 24 heavy (non-hydrogen) atoms. The molecule has 0 fully saturated rings. The largest absolute Gasteiger partial charge is 0.495 e. The zero-order chi connectivity index (χ0) is 17.7. The number of nitrogens with one attached hydrogen (secondary N) is 1. The van der Waals surface area contributed by atoms with E-state index in [0.717, 1.165) is 4.88 Å². The summed E-state index contributed by atoms with van der Waals surface area (Å²) >= 11 is 13.3. The van der Waals surface area contributed by atoms with Gasteiger partial charge >= 0.3 is 5.97 Å². The molecule has 0 aliphatic carbocycles. The van der Waals surface area contributed by atoms with Gasteiger partial charge in [0.05, 0.1) is 16.5 Å². The Kier molecular flexibility index (Phi) is 6.48. The first-order chi connectivity index (χ1) is 11.4. The van der Waals surface area contributed by atoms with Crippen LogP contribution in [0.1, 0.15) is 22.9 Å². The average molecular weight is 388 g/mol. The Bertz CT molecular complexity index is 747. The molecule has 5 nitrogen and oxygen atoms in total. The van der Waals surface area contributed by atoms with Crippen LogP contribution in [-0.2, 0) is 16.0 Å². The van der Waals surface area contributed by atoms with E-state index in [9.17, 15) is 14.7 Å². The minimum absolute atomic E-state index is 0.171. The van der Waals surface area contributed by atoms with Crippen molar-refractivity contribution in [3.63, 3.8) is 0 Å². The first-order valence-corrected chi connectivity index (χ1v) is 8.57. The number of hydrogen-bond donors (Lipinski definition) is 2. The third-order valence-electron chi connectivity index (χ3n) is 3.29.